The molecular weight excluding hydrogens is 456 g/mol. The molecule has 0 unspecified atom stereocenters. The molecular formula is C31H22N6. The van der Waals surface area contributed by atoms with Crippen LogP contribution in [0, 0.1) is 0 Å². The van der Waals surface area contributed by atoms with E-state index in [2.05, 4.69) is 105 Å². The molecule has 0 amide bonds. The Kier molecular flexibility index (Phi) is 4.25. The standard InChI is InChI=1S/C31H22N6/c1-2-11-21(12-3-1)35-30(36-25-16-7-4-13-22(25)23-14-5-8-17-26(23)36)33-34-31(35)37-27-18-9-6-15-24(27)29-28(37)19-10-20-32-29/h1-4,6-13,15-20H,5,14H2. The minimum atomic E-state index is 0.728. The highest BCUT2D eigenvalue weighted by Gasteiger charge is 2.26. The third-order valence-electron chi connectivity index (χ3n) is 7.33. The summed E-state index contributed by atoms with van der Waals surface area (Å²) < 4.78 is 6.60. The highest BCUT2D eigenvalue weighted by atomic mass is 15.4. The summed E-state index contributed by atoms with van der Waals surface area (Å²) >= 11 is 0. The van der Waals surface area contributed by atoms with Crippen LogP contribution in [-0.4, -0.2) is 28.9 Å². The lowest BCUT2D eigenvalue weighted by atomic mass is 10.0. The summed E-state index contributed by atoms with van der Waals surface area (Å²) in [6, 6.07) is 31.4. The van der Waals surface area contributed by atoms with E-state index in [-0.39, 0.29) is 0 Å². The molecule has 4 heterocycles. The van der Waals surface area contributed by atoms with Crippen molar-refractivity contribution in [3.63, 3.8) is 0 Å². The first-order valence-corrected chi connectivity index (χ1v) is 12.5. The molecule has 4 aromatic heterocycles. The molecule has 1 aliphatic carbocycles. The number of pyridine rings is 1. The number of allylic oxidation sites excluding steroid dienone is 1. The van der Waals surface area contributed by atoms with Crippen LogP contribution in [0.3, 0.4) is 0 Å². The van der Waals surface area contributed by atoms with Crippen LogP contribution in [0.5, 0.6) is 0 Å². The smallest absolute Gasteiger partial charge is 0.242 e. The SMILES string of the molecule is C1=Cc2c(c3ccccc3n2-c2nnc(-n3c4ccccc4c4ncccc43)n2-c2ccccc2)CC1. The lowest BCUT2D eigenvalue weighted by Gasteiger charge is -2.15. The Balaban J connectivity index is 1.52. The molecule has 1 aliphatic rings. The topological polar surface area (TPSA) is 53.5 Å². The average Bonchev–Trinajstić information content (AvgIpc) is 3.63. The molecule has 0 saturated carbocycles. The van der Waals surface area contributed by atoms with Crippen LogP contribution in [0.2, 0.25) is 0 Å². The maximum atomic E-state index is 4.86. The van der Waals surface area contributed by atoms with Gasteiger partial charge in [-0.15, -0.1) is 10.2 Å². The molecule has 0 saturated heterocycles. The highest BCUT2D eigenvalue weighted by molar-refractivity contribution is 6.06. The number of rotatable bonds is 3. The number of para-hydroxylation sites is 3. The van der Waals surface area contributed by atoms with Gasteiger partial charge in [0.15, 0.2) is 0 Å². The summed E-state index contributed by atoms with van der Waals surface area (Å²) in [7, 11) is 0. The first kappa shape index (κ1) is 20.2. The van der Waals surface area contributed by atoms with E-state index in [1.807, 2.05) is 18.3 Å². The van der Waals surface area contributed by atoms with E-state index in [0.29, 0.717) is 0 Å². The van der Waals surface area contributed by atoms with Gasteiger partial charge in [-0.05, 0) is 60.9 Å². The molecule has 8 rings (SSSR count). The first-order chi connectivity index (χ1) is 18.4. The largest absolute Gasteiger partial charge is 0.278 e. The Morgan fingerprint density at radius 2 is 1.27 bits per heavy atom. The first-order valence-electron chi connectivity index (χ1n) is 12.5. The molecule has 0 radical (unpaired) electrons. The number of nitrogens with zero attached hydrogens (tertiary/aromatic N) is 6. The molecule has 6 heteroatoms. The minimum Gasteiger partial charge on any atom is -0.278 e. The number of hydrogen-bond donors (Lipinski definition) is 0. The van der Waals surface area contributed by atoms with Crippen molar-refractivity contribution < 1.29 is 0 Å². The van der Waals surface area contributed by atoms with Crippen molar-refractivity contribution >= 4 is 38.9 Å². The van der Waals surface area contributed by atoms with Crippen LogP contribution >= 0.6 is 0 Å². The predicted molar refractivity (Wildman–Crippen MR) is 148 cm³/mol. The summed E-state index contributed by atoms with van der Waals surface area (Å²) in [6.07, 6.45) is 8.39. The van der Waals surface area contributed by atoms with E-state index in [0.717, 1.165) is 57.9 Å². The molecule has 0 atom stereocenters. The zero-order valence-electron chi connectivity index (χ0n) is 20.0. The zero-order chi connectivity index (χ0) is 24.3. The van der Waals surface area contributed by atoms with Gasteiger partial charge in [0.25, 0.3) is 0 Å². The lowest BCUT2D eigenvalue weighted by molar-refractivity contribution is 0.872. The summed E-state index contributed by atoms with van der Waals surface area (Å²) in [6.45, 7) is 0. The molecule has 0 N–H and O–H groups in total. The zero-order valence-corrected chi connectivity index (χ0v) is 20.0. The number of aromatic nitrogens is 6. The Hall–Kier alpha value is -4.97. The van der Waals surface area contributed by atoms with Crippen LogP contribution < -0.4 is 0 Å². The fraction of sp³-hybridized carbons (Fsp3) is 0.0645. The van der Waals surface area contributed by atoms with E-state index in [9.17, 15) is 0 Å². The van der Waals surface area contributed by atoms with Gasteiger partial charge in [0, 0.05) is 17.0 Å². The maximum absolute atomic E-state index is 4.86. The Morgan fingerprint density at radius 3 is 2.11 bits per heavy atom. The van der Waals surface area contributed by atoms with Gasteiger partial charge in [-0.25, -0.2) is 4.57 Å². The second-order valence-electron chi connectivity index (χ2n) is 9.35. The molecule has 6 nitrogen and oxygen atoms in total. The normalized spacial score (nSPS) is 13.1. The Morgan fingerprint density at radius 1 is 0.595 bits per heavy atom. The molecule has 0 aliphatic heterocycles. The molecule has 0 bridgehead atoms. The van der Waals surface area contributed by atoms with Crippen LogP contribution in [0.25, 0.3) is 56.5 Å². The van der Waals surface area contributed by atoms with Crippen molar-refractivity contribution in [3.05, 3.63) is 115 Å². The highest BCUT2D eigenvalue weighted by Crippen LogP contribution is 2.36. The van der Waals surface area contributed by atoms with Gasteiger partial charge >= 0.3 is 0 Å². The van der Waals surface area contributed by atoms with E-state index in [1.54, 1.807) is 0 Å². The number of aryl methyl sites for hydroxylation is 1. The van der Waals surface area contributed by atoms with Gasteiger partial charge in [0.2, 0.25) is 11.9 Å². The van der Waals surface area contributed by atoms with Gasteiger partial charge in [-0.1, -0.05) is 60.7 Å². The minimum absolute atomic E-state index is 0.728. The van der Waals surface area contributed by atoms with Gasteiger partial charge in [-0.2, -0.15) is 0 Å². The third kappa shape index (κ3) is 2.84. The Labute approximate surface area is 212 Å². The van der Waals surface area contributed by atoms with Gasteiger partial charge in [0.1, 0.15) is 0 Å². The summed E-state index contributed by atoms with van der Waals surface area (Å²) in [5.74, 6) is 1.49. The van der Waals surface area contributed by atoms with E-state index >= 15 is 0 Å². The number of fused-ring (bicyclic) bond motifs is 6. The summed E-state index contributed by atoms with van der Waals surface area (Å²) in [4.78, 5) is 4.72. The van der Waals surface area contributed by atoms with Crippen molar-refractivity contribution in [2.45, 2.75) is 12.8 Å². The monoisotopic (exact) mass is 478 g/mol. The molecule has 3 aromatic carbocycles. The summed E-state index contributed by atoms with van der Waals surface area (Å²) in [5, 5.41) is 12.1. The predicted octanol–water partition coefficient (Wildman–Crippen LogP) is 6.66. The van der Waals surface area contributed by atoms with Gasteiger partial charge < -0.3 is 0 Å². The van der Waals surface area contributed by atoms with Crippen molar-refractivity contribution in [3.8, 4) is 17.6 Å². The number of benzene rings is 3. The van der Waals surface area contributed by atoms with E-state index < -0.39 is 0 Å². The van der Waals surface area contributed by atoms with Crippen LogP contribution in [0.15, 0.2) is 103 Å². The molecule has 37 heavy (non-hydrogen) atoms. The van der Waals surface area contributed by atoms with Gasteiger partial charge in [0.05, 0.1) is 33.4 Å². The quantitative estimate of drug-likeness (QED) is 0.285. The molecule has 7 aromatic rings. The second-order valence-corrected chi connectivity index (χ2v) is 9.35. The van der Waals surface area contributed by atoms with Crippen molar-refractivity contribution in [1.82, 2.24) is 28.9 Å². The second kappa shape index (κ2) is 7.77. The maximum Gasteiger partial charge on any atom is 0.242 e. The van der Waals surface area contributed by atoms with E-state index in [1.165, 1.54) is 16.6 Å². The molecule has 0 fully saturated rings. The van der Waals surface area contributed by atoms with Crippen LogP contribution in [0.1, 0.15) is 17.7 Å². The molecule has 0 spiro atoms. The van der Waals surface area contributed by atoms with Crippen molar-refractivity contribution in [2.75, 3.05) is 0 Å². The van der Waals surface area contributed by atoms with Gasteiger partial charge in [-0.3, -0.25) is 14.1 Å². The lowest BCUT2D eigenvalue weighted by Crippen LogP contribution is -2.11. The fourth-order valence-electron chi connectivity index (χ4n) is 5.77. The van der Waals surface area contributed by atoms with Crippen LogP contribution in [0.4, 0.5) is 0 Å². The van der Waals surface area contributed by atoms with Crippen molar-refractivity contribution in [2.24, 2.45) is 0 Å². The fourth-order valence-corrected chi connectivity index (χ4v) is 5.77. The van der Waals surface area contributed by atoms with E-state index in [4.69, 9.17) is 15.2 Å². The third-order valence-corrected chi connectivity index (χ3v) is 7.33. The van der Waals surface area contributed by atoms with Crippen LogP contribution in [-0.2, 0) is 6.42 Å². The average molecular weight is 479 g/mol. The number of hydrogen-bond acceptors (Lipinski definition) is 3. The molecule has 176 valence electrons. The Bertz CT molecular complexity index is 1930. The van der Waals surface area contributed by atoms with Crippen molar-refractivity contribution in [1.29, 1.82) is 0 Å². The summed E-state index contributed by atoms with van der Waals surface area (Å²) in [5.41, 5.74) is 7.67.